The summed E-state index contributed by atoms with van der Waals surface area (Å²) in [5.41, 5.74) is 1.70. The van der Waals surface area contributed by atoms with Crippen molar-refractivity contribution in [3.8, 4) is 5.75 Å². The molecule has 0 saturated carbocycles. The third kappa shape index (κ3) is 9.30. The third-order valence-electron chi connectivity index (χ3n) is 6.52. The summed E-state index contributed by atoms with van der Waals surface area (Å²) in [5.74, 6) is -0.179. The molecule has 3 atom stereocenters. The molecule has 0 bridgehead atoms. The number of hydrogen-bond acceptors (Lipinski definition) is 5. The van der Waals surface area contributed by atoms with Crippen LogP contribution in [-0.4, -0.2) is 48.1 Å². The summed E-state index contributed by atoms with van der Waals surface area (Å²) >= 11 is 0. The quantitative estimate of drug-likeness (QED) is 0.339. The van der Waals surface area contributed by atoms with Crippen molar-refractivity contribution in [3.05, 3.63) is 59.7 Å². The highest BCUT2D eigenvalue weighted by atomic mass is 16.6. The van der Waals surface area contributed by atoms with E-state index in [1.165, 1.54) is 0 Å². The molecule has 0 saturated heterocycles. The molecular formula is C31H45N3O5. The number of amides is 3. The topological polar surface area (TPSA) is 97.0 Å². The Morgan fingerprint density at radius 2 is 1.56 bits per heavy atom. The molecule has 0 aliphatic rings. The summed E-state index contributed by atoms with van der Waals surface area (Å²) < 4.78 is 10.7. The van der Waals surface area contributed by atoms with Gasteiger partial charge in [-0.05, 0) is 74.9 Å². The third-order valence-corrected chi connectivity index (χ3v) is 6.52. The van der Waals surface area contributed by atoms with Crippen LogP contribution in [0.1, 0.15) is 78.5 Å². The largest absolute Gasteiger partial charge is 0.497 e. The average molecular weight is 540 g/mol. The Morgan fingerprint density at radius 1 is 0.949 bits per heavy atom. The summed E-state index contributed by atoms with van der Waals surface area (Å²) in [5, 5.41) is 5.76. The van der Waals surface area contributed by atoms with Gasteiger partial charge in [-0.3, -0.25) is 9.59 Å². The summed E-state index contributed by atoms with van der Waals surface area (Å²) in [4.78, 5) is 42.3. The van der Waals surface area contributed by atoms with Crippen LogP contribution in [0.2, 0.25) is 0 Å². The van der Waals surface area contributed by atoms with Crippen LogP contribution in [0.5, 0.6) is 5.75 Å². The number of rotatable bonds is 12. The maximum absolute atomic E-state index is 14.2. The van der Waals surface area contributed by atoms with Gasteiger partial charge in [-0.15, -0.1) is 0 Å². The zero-order valence-corrected chi connectivity index (χ0v) is 24.7. The van der Waals surface area contributed by atoms with Crippen molar-refractivity contribution >= 4 is 23.6 Å². The van der Waals surface area contributed by atoms with E-state index in [1.54, 1.807) is 57.0 Å². The number of aryl methyl sites for hydroxylation is 1. The van der Waals surface area contributed by atoms with E-state index in [2.05, 4.69) is 17.6 Å². The molecule has 0 fully saturated rings. The van der Waals surface area contributed by atoms with E-state index < -0.39 is 23.8 Å². The van der Waals surface area contributed by atoms with Gasteiger partial charge in [0.15, 0.2) is 0 Å². The summed E-state index contributed by atoms with van der Waals surface area (Å²) in [6.07, 6.45) is 1.48. The van der Waals surface area contributed by atoms with Crippen molar-refractivity contribution in [2.24, 2.45) is 5.92 Å². The van der Waals surface area contributed by atoms with Gasteiger partial charge < -0.3 is 25.0 Å². The van der Waals surface area contributed by atoms with Gasteiger partial charge in [0.2, 0.25) is 5.91 Å². The molecule has 3 unspecified atom stereocenters. The average Bonchev–Trinajstić information content (AvgIpc) is 2.90. The highest BCUT2D eigenvalue weighted by molar-refractivity contribution is 5.99. The predicted molar refractivity (Wildman–Crippen MR) is 155 cm³/mol. The molecule has 2 N–H and O–H groups in total. The SMILES string of the molecule is CCCN(C(=O)C(NC(=O)OC(C)(C)C)C(C)CC)C(C(=O)Nc1ccc(OC)cc1)c1ccc(CC)cc1. The fraction of sp³-hybridized carbons (Fsp3) is 0.516. The Hall–Kier alpha value is -3.55. The molecule has 0 aliphatic heterocycles. The zero-order valence-electron chi connectivity index (χ0n) is 24.7. The lowest BCUT2D eigenvalue weighted by Crippen LogP contribution is -2.54. The molecule has 0 heterocycles. The van der Waals surface area contributed by atoms with Gasteiger partial charge in [0.1, 0.15) is 23.4 Å². The Balaban J connectivity index is 2.50. The van der Waals surface area contributed by atoms with Crippen molar-refractivity contribution in [1.82, 2.24) is 10.2 Å². The number of methoxy groups -OCH3 is 1. The van der Waals surface area contributed by atoms with Gasteiger partial charge in [0, 0.05) is 12.2 Å². The zero-order chi connectivity index (χ0) is 29.2. The molecule has 0 radical (unpaired) electrons. The van der Waals surface area contributed by atoms with Crippen molar-refractivity contribution in [2.45, 2.75) is 85.4 Å². The first-order valence-corrected chi connectivity index (χ1v) is 13.8. The minimum absolute atomic E-state index is 0.183. The standard InChI is InChI=1S/C31H45N3O5/c1-9-20-34(29(36)26(21(4)10-2)33-30(37)39-31(5,6)7)27(23-14-12-22(11-3)13-15-23)28(35)32-24-16-18-25(38-8)19-17-24/h12-19,21,26-27H,9-11,20H2,1-8H3,(H,32,35)(H,33,37). The van der Waals surface area contributed by atoms with Gasteiger partial charge in [-0.25, -0.2) is 4.79 Å². The van der Waals surface area contributed by atoms with Crippen molar-refractivity contribution < 1.29 is 23.9 Å². The Morgan fingerprint density at radius 3 is 2.05 bits per heavy atom. The summed E-state index contributed by atoms with van der Waals surface area (Å²) in [7, 11) is 1.58. The molecule has 8 nitrogen and oxygen atoms in total. The number of carbonyl (C=O) groups is 3. The second-order valence-corrected chi connectivity index (χ2v) is 10.8. The highest BCUT2D eigenvalue weighted by Crippen LogP contribution is 2.27. The molecule has 3 amide bonds. The Bertz CT molecular complexity index is 1080. The molecule has 214 valence electrons. The molecule has 0 aromatic heterocycles. The molecule has 39 heavy (non-hydrogen) atoms. The number of ether oxygens (including phenoxy) is 2. The van der Waals surface area contributed by atoms with Gasteiger partial charge >= 0.3 is 6.09 Å². The Kier molecular flexibility index (Phi) is 11.8. The number of nitrogens with zero attached hydrogens (tertiary/aromatic N) is 1. The van der Waals surface area contributed by atoms with E-state index in [0.717, 1.165) is 12.0 Å². The minimum atomic E-state index is -0.905. The lowest BCUT2D eigenvalue weighted by molar-refractivity contribution is -0.141. The first-order valence-electron chi connectivity index (χ1n) is 13.8. The number of benzene rings is 2. The minimum Gasteiger partial charge on any atom is -0.497 e. The lowest BCUT2D eigenvalue weighted by Gasteiger charge is -2.36. The Labute approximate surface area is 233 Å². The van der Waals surface area contributed by atoms with E-state index in [4.69, 9.17) is 9.47 Å². The molecule has 8 heteroatoms. The van der Waals surface area contributed by atoms with E-state index in [9.17, 15) is 14.4 Å². The lowest BCUT2D eigenvalue weighted by atomic mass is 9.95. The fourth-order valence-corrected chi connectivity index (χ4v) is 4.20. The smallest absolute Gasteiger partial charge is 0.408 e. The van der Waals surface area contributed by atoms with Gasteiger partial charge in [-0.2, -0.15) is 0 Å². The number of anilines is 1. The molecule has 2 aromatic carbocycles. The fourth-order valence-electron chi connectivity index (χ4n) is 4.20. The van der Waals surface area contributed by atoms with Crippen molar-refractivity contribution in [3.63, 3.8) is 0 Å². The molecule has 2 aromatic rings. The second kappa shape index (κ2) is 14.6. The van der Waals surface area contributed by atoms with E-state index in [0.29, 0.717) is 36.4 Å². The highest BCUT2D eigenvalue weighted by Gasteiger charge is 2.37. The monoisotopic (exact) mass is 539 g/mol. The summed E-state index contributed by atoms with van der Waals surface area (Å²) in [6, 6.07) is 13.0. The second-order valence-electron chi connectivity index (χ2n) is 10.8. The first kappa shape index (κ1) is 31.7. The van der Waals surface area contributed by atoms with E-state index in [-0.39, 0.29) is 17.7 Å². The van der Waals surface area contributed by atoms with E-state index in [1.807, 2.05) is 45.0 Å². The van der Waals surface area contributed by atoms with Crippen LogP contribution < -0.4 is 15.4 Å². The van der Waals surface area contributed by atoms with Crippen LogP contribution in [0.25, 0.3) is 0 Å². The number of carbonyl (C=O) groups excluding carboxylic acids is 3. The molecule has 2 rings (SSSR count). The van der Waals surface area contributed by atoms with Crippen LogP contribution in [0, 0.1) is 5.92 Å². The van der Waals surface area contributed by atoms with Gasteiger partial charge in [0.25, 0.3) is 5.91 Å². The van der Waals surface area contributed by atoms with Crippen LogP contribution in [0.4, 0.5) is 10.5 Å². The molecule has 0 aliphatic carbocycles. The van der Waals surface area contributed by atoms with Crippen molar-refractivity contribution in [2.75, 3.05) is 19.0 Å². The van der Waals surface area contributed by atoms with Crippen LogP contribution in [0.15, 0.2) is 48.5 Å². The number of alkyl carbamates (subject to hydrolysis) is 1. The van der Waals surface area contributed by atoms with Gasteiger partial charge in [0.05, 0.1) is 7.11 Å². The maximum Gasteiger partial charge on any atom is 0.408 e. The van der Waals surface area contributed by atoms with Crippen LogP contribution in [-0.2, 0) is 20.7 Å². The van der Waals surface area contributed by atoms with E-state index >= 15 is 0 Å². The molecular weight excluding hydrogens is 494 g/mol. The van der Waals surface area contributed by atoms with Crippen LogP contribution >= 0.6 is 0 Å². The first-order chi connectivity index (χ1) is 18.4. The van der Waals surface area contributed by atoms with Crippen molar-refractivity contribution in [1.29, 1.82) is 0 Å². The number of nitrogens with one attached hydrogen (secondary N) is 2. The maximum atomic E-state index is 14.2. The van der Waals surface area contributed by atoms with Crippen LogP contribution in [0.3, 0.4) is 0 Å². The van der Waals surface area contributed by atoms with Gasteiger partial charge in [-0.1, -0.05) is 58.4 Å². The number of hydrogen-bond donors (Lipinski definition) is 2. The normalized spacial score (nSPS) is 13.5. The summed E-state index contributed by atoms with van der Waals surface area (Å²) in [6.45, 7) is 13.5. The predicted octanol–water partition coefficient (Wildman–Crippen LogP) is 6.12. The molecule has 0 spiro atoms.